The molecule has 0 atom stereocenters. The van der Waals surface area contributed by atoms with E-state index in [0.717, 1.165) is 58.0 Å². The summed E-state index contributed by atoms with van der Waals surface area (Å²) in [5.41, 5.74) is 5.51. The predicted octanol–water partition coefficient (Wildman–Crippen LogP) is 4.31. The minimum atomic E-state index is -0.354. The SMILES string of the molecule is CCOC(=O)c1cnc2c(C)cc(C)cc2c1N1CCn2c(nnc2-c2ccccc2)C1. The highest BCUT2D eigenvalue weighted by Crippen LogP contribution is 2.35. The minimum absolute atomic E-state index is 0.317. The third kappa shape index (κ3) is 3.39. The number of benzene rings is 2. The van der Waals surface area contributed by atoms with Crippen LogP contribution in [0.5, 0.6) is 0 Å². The monoisotopic (exact) mass is 427 g/mol. The molecular formula is C25H25N5O2. The van der Waals surface area contributed by atoms with Crippen LogP contribution in [0.3, 0.4) is 0 Å². The van der Waals surface area contributed by atoms with Crippen LogP contribution in [-0.4, -0.2) is 38.9 Å². The molecule has 7 heteroatoms. The molecule has 0 radical (unpaired) electrons. The molecule has 2 aromatic carbocycles. The molecule has 0 spiro atoms. The fraction of sp³-hybridized carbons (Fsp3) is 0.280. The lowest BCUT2D eigenvalue weighted by atomic mass is 10.0. The topological polar surface area (TPSA) is 73.1 Å². The Morgan fingerprint density at radius 1 is 1.09 bits per heavy atom. The van der Waals surface area contributed by atoms with E-state index in [1.54, 1.807) is 6.20 Å². The molecule has 0 fully saturated rings. The van der Waals surface area contributed by atoms with Crippen LogP contribution in [0.4, 0.5) is 5.69 Å². The highest BCUT2D eigenvalue weighted by molar-refractivity contribution is 6.06. The summed E-state index contributed by atoms with van der Waals surface area (Å²) in [5, 5.41) is 9.89. The maximum Gasteiger partial charge on any atom is 0.341 e. The van der Waals surface area contributed by atoms with Crippen molar-refractivity contribution in [3.05, 3.63) is 71.2 Å². The number of hydrogen-bond acceptors (Lipinski definition) is 6. The van der Waals surface area contributed by atoms with Gasteiger partial charge in [-0.05, 0) is 32.4 Å². The fourth-order valence-electron chi connectivity index (χ4n) is 4.50. The van der Waals surface area contributed by atoms with Crippen LogP contribution in [0.15, 0.2) is 48.7 Å². The number of aryl methyl sites for hydroxylation is 2. The molecule has 0 saturated heterocycles. The van der Waals surface area contributed by atoms with Crippen molar-refractivity contribution in [2.24, 2.45) is 0 Å². The molecule has 1 aliphatic rings. The van der Waals surface area contributed by atoms with Crippen LogP contribution in [0, 0.1) is 13.8 Å². The van der Waals surface area contributed by atoms with E-state index in [4.69, 9.17) is 4.74 Å². The van der Waals surface area contributed by atoms with Crippen molar-refractivity contribution < 1.29 is 9.53 Å². The first-order valence-electron chi connectivity index (χ1n) is 10.9. The molecule has 3 heterocycles. The number of ether oxygens (including phenoxy) is 1. The molecule has 4 aromatic rings. The summed E-state index contributed by atoms with van der Waals surface area (Å²) in [4.78, 5) is 19.6. The van der Waals surface area contributed by atoms with Gasteiger partial charge in [0, 0.05) is 30.2 Å². The smallest absolute Gasteiger partial charge is 0.341 e. The first-order valence-corrected chi connectivity index (χ1v) is 10.9. The van der Waals surface area contributed by atoms with E-state index in [0.29, 0.717) is 18.7 Å². The zero-order valence-corrected chi connectivity index (χ0v) is 18.5. The van der Waals surface area contributed by atoms with E-state index in [9.17, 15) is 4.79 Å². The number of rotatable bonds is 4. The number of hydrogen-bond donors (Lipinski definition) is 0. The Kier molecular flexibility index (Phi) is 5.09. The molecular weight excluding hydrogens is 402 g/mol. The van der Waals surface area contributed by atoms with Crippen LogP contribution in [-0.2, 0) is 17.8 Å². The van der Waals surface area contributed by atoms with Gasteiger partial charge >= 0.3 is 5.97 Å². The van der Waals surface area contributed by atoms with E-state index < -0.39 is 0 Å². The molecule has 0 bridgehead atoms. The van der Waals surface area contributed by atoms with Gasteiger partial charge in [0.2, 0.25) is 0 Å². The van der Waals surface area contributed by atoms with E-state index >= 15 is 0 Å². The fourth-order valence-corrected chi connectivity index (χ4v) is 4.50. The van der Waals surface area contributed by atoms with Gasteiger partial charge in [0.25, 0.3) is 0 Å². The second-order valence-electron chi connectivity index (χ2n) is 8.10. The van der Waals surface area contributed by atoms with Crippen molar-refractivity contribution in [2.45, 2.75) is 33.9 Å². The lowest BCUT2D eigenvalue weighted by Gasteiger charge is -2.32. The highest BCUT2D eigenvalue weighted by Gasteiger charge is 2.27. The Hall–Kier alpha value is -3.74. The van der Waals surface area contributed by atoms with E-state index in [1.807, 2.05) is 37.3 Å². The molecule has 0 saturated carbocycles. The minimum Gasteiger partial charge on any atom is -0.462 e. The van der Waals surface area contributed by atoms with E-state index in [2.05, 4.69) is 50.6 Å². The van der Waals surface area contributed by atoms with Gasteiger partial charge in [0.05, 0.1) is 24.4 Å². The van der Waals surface area contributed by atoms with Gasteiger partial charge in [-0.3, -0.25) is 4.98 Å². The average Bonchev–Trinajstić information content (AvgIpc) is 3.22. The van der Waals surface area contributed by atoms with Crippen LogP contribution in [0.2, 0.25) is 0 Å². The van der Waals surface area contributed by atoms with Crippen LogP contribution in [0.1, 0.15) is 34.2 Å². The number of carbonyl (C=O) groups excluding carboxylic acids is 1. The van der Waals surface area contributed by atoms with Gasteiger partial charge in [-0.2, -0.15) is 0 Å². The molecule has 5 rings (SSSR count). The van der Waals surface area contributed by atoms with Gasteiger partial charge in [0.1, 0.15) is 5.56 Å². The normalized spacial score (nSPS) is 13.3. The summed E-state index contributed by atoms with van der Waals surface area (Å²) in [5.74, 6) is 1.39. The predicted molar refractivity (Wildman–Crippen MR) is 124 cm³/mol. The Morgan fingerprint density at radius 3 is 2.69 bits per heavy atom. The zero-order chi connectivity index (χ0) is 22.2. The maximum atomic E-state index is 12.8. The van der Waals surface area contributed by atoms with Crippen LogP contribution >= 0.6 is 0 Å². The number of aromatic nitrogens is 4. The number of anilines is 1. The van der Waals surface area contributed by atoms with Gasteiger partial charge < -0.3 is 14.2 Å². The first-order chi connectivity index (χ1) is 15.6. The molecule has 0 amide bonds. The van der Waals surface area contributed by atoms with Crippen molar-refractivity contribution in [1.29, 1.82) is 0 Å². The standard InChI is InChI=1S/C25H25N5O2/c1-4-32-25(31)20-14-26-22-17(3)12-16(2)13-19(22)23(20)29-10-11-30-21(15-29)27-28-24(30)18-8-6-5-7-9-18/h5-9,12-14H,4,10-11,15H2,1-3H3. The number of carbonyl (C=O) groups is 1. The number of pyridine rings is 1. The number of esters is 1. The second-order valence-corrected chi connectivity index (χ2v) is 8.10. The van der Waals surface area contributed by atoms with Crippen molar-refractivity contribution in [2.75, 3.05) is 18.1 Å². The van der Waals surface area contributed by atoms with Crippen molar-refractivity contribution in [1.82, 2.24) is 19.7 Å². The highest BCUT2D eigenvalue weighted by atomic mass is 16.5. The largest absolute Gasteiger partial charge is 0.462 e. The molecule has 7 nitrogen and oxygen atoms in total. The summed E-state index contributed by atoms with van der Waals surface area (Å²) >= 11 is 0. The molecule has 162 valence electrons. The number of fused-ring (bicyclic) bond motifs is 2. The molecule has 1 aliphatic heterocycles. The van der Waals surface area contributed by atoms with E-state index in [-0.39, 0.29) is 5.97 Å². The molecule has 2 aromatic heterocycles. The summed E-state index contributed by atoms with van der Waals surface area (Å²) in [6.45, 7) is 8.25. The quantitative estimate of drug-likeness (QED) is 0.452. The Bertz CT molecular complexity index is 1310. The summed E-state index contributed by atoms with van der Waals surface area (Å²) in [7, 11) is 0. The lowest BCUT2D eigenvalue weighted by molar-refractivity contribution is 0.0526. The van der Waals surface area contributed by atoms with Crippen LogP contribution < -0.4 is 4.90 Å². The third-order valence-electron chi connectivity index (χ3n) is 5.87. The molecule has 0 aliphatic carbocycles. The summed E-state index contributed by atoms with van der Waals surface area (Å²) < 4.78 is 7.52. The summed E-state index contributed by atoms with van der Waals surface area (Å²) in [6, 6.07) is 14.3. The van der Waals surface area contributed by atoms with Crippen molar-refractivity contribution >= 4 is 22.6 Å². The van der Waals surface area contributed by atoms with Gasteiger partial charge in [0.15, 0.2) is 11.6 Å². The summed E-state index contributed by atoms with van der Waals surface area (Å²) in [6.07, 6.45) is 1.65. The first kappa shape index (κ1) is 20.2. The maximum absolute atomic E-state index is 12.8. The van der Waals surface area contributed by atoms with Gasteiger partial charge in [-0.25, -0.2) is 4.79 Å². The van der Waals surface area contributed by atoms with E-state index in [1.165, 1.54) is 0 Å². The second kappa shape index (κ2) is 8.07. The zero-order valence-electron chi connectivity index (χ0n) is 18.5. The van der Waals surface area contributed by atoms with Crippen molar-refractivity contribution in [3.63, 3.8) is 0 Å². The van der Waals surface area contributed by atoms with Gasteiger partial charge in [-0.1, -0.05) is 42.0 Å². The van der Waals surface area contributed by atoms with Gasteiger partial charge in [-0.15, -0.1) is 10.2 Å². The van der Waals surface area contributed by atoms with Crippen molar-refractivity contribution in [3.8, 4) is 11.4 Å². The lowest BCUT2D eigenvalue weighted by Crippen LogP contribution is -2.35. The Morgan fingerprint density at radius 2 is 1.91 bits per heavy atom. The average molecular weight is 428 g/mol. The number of nitrogens with zero attached hydrogens (tertiary/aromatic N) is 5. The Balaban J connectivity index is 1.61. The molecule has 0 unspecified atom stereocenters. The molecule has 0 N–H and O–H groups in total. The van der Waals surface area contributed by atoms with Crippen LogP contribution in [0.25, 0.3) is 22.3 Å². The molecule has 32 heavy (non-hydrogen) atoms. The third-order valence-corrected chi connectivity index (χ3v) is 5.87. The Labute approximate surface area is 186 Å².